The first-order valence-corrected chi connectivity index (χ1v) is 9.76. The van der Waals surface area contributed by atoms with Gasteiger partial charge >= 0.3 is 5.97 Å². The molecule has 0 heterocycles. The van der Waals surface area contributed by atoms with E-state index in [2.05, 4.69) is 6.58 Å². The molecular formula is C26H22O4. The quantitative estimate of drug-likeness (QED) is 0.386. The van der Waals surface area contributed by atoms with Gasteiger partial charge in [-0.1, -0.05) is 79.4 Å². The van der Waals surface area contributed by atoms with Crippen molar-refractivity contribution in [2.24, 2.45) is 5.92 Å². The van der Waals surface area contributed by atoms with Crippen molar-refractivity contribution in [3.63, 3.8) is 0 Å². The summed E-state index contributed by atoms with van der Waals surface area (Å²) in [6, 6.07) is 27.5. The third-order valence-corrected chi connectivity index (χ3v) is 5.15. The minimum Gasteiger partial charge on any atom is -0.492 e. The molecule has 0 spiro atoms. The number of hydrogen-bond acceptors (Lipinski definition) is 3. The van der Waals surface area contributed by atoms with Gasteiger partial charge in [0.05, 0.1) is 19.1 Å². The van der Waals surface area contributed by atoms with E-state index in [4.69, 9.17) is 9.47 Å². The molecule has 4 nitrogen and oxygen atoms in total. The van der Waals surface area contributed by atoms with Crippen molar-refractivity contribution in [2.45, 2.75) is 0 Å². The largest absolute Gasteiger partial charge is 0.492 e. The Bertz CT molecular complexity index is 1120. The van der Waals surface area contributed by atoms with Crippen LogP contribution in [0.1, 0.15) is 0 Å². The van der Waals surface area contributed by atoms with E-state index in [1.165, 1.54) is 0 Å². The summed E-state index contributed by atoms with van der Waals surface area (Å²) in [6.45, 7) is 4.06. The van der Waals surface area contributed by atoms with Gasteiger partial charge in [-0.2, -0.15) is 0 Å². The summed E-state index contributed by atoms with van der Waals surface area (Å²) in [4.78, 5) is 11.6. The summed E-state index contributed by atoms with van der Waals surface area (Å²) in [6.07, 6.45) is 0. The number of aliphatic carboxylic acids is 1. The van der Waals surface area contributed by atoms with Crippen LogP contribution in [0.25, 0.3) is 21.5 Å². The number of benzene rings is 4. The zero-order chi connectivity index (χ0) is 20.9. The van der Waals surface area contributed by atoms with Crippen LogP contribution in [-0.4, -0.2) is 24.3 Å². The molecule has 0 saturated heterocycles. The van der Waals surface area contributed by atoms with Gasteiger partial charge in [-0.25, -0.2) is 4.79 Å². The third kappa shape index (κ3) is 4.13. The van der Waals surface area contributed by atoms with Crippen molar-refractivity contribution in [1.29, 1.82) is 0 Å². The molecule has 0 bridgehead atoms. The maximum Gasteiger partial charge on any atom is 0.331 e. The molecule has 0 unspecified atom stereocenters. The van der Waals surface area contributed by atoms with Gasteiger partial charge in [-0.3, -0.25) is 0 Å². The van der Waals surface area contributed by atoms with Crippen molar-refractivity contribution < 1.29 is 19.4 Å². The number of carbonyl (C=O) groups is 1. The minimum absolute atomic E-state index is 0.0653. The maximum absolute atomic E-state index is 11.6. The van der Waals surface area contributed by atoms with E-state index < -0.39 is 11.9 Å². The van der Waals surface area contributed by atoms with Gasteiger partial charge in [0.1, 0.15) is 11.5 Å². The summed E-state index contributed by atoms with van der Waals surface area (Å²) in [5.41, 5.74) is 0.0653. The molecule has 0 aromatic heterocycles. The molecule has 0 fully saturated rings. The predicted octanol–water partition coefficient (Wildman–Crippen LogP) is 5.71. The molecule has 4 aromatic carbocycles. The normalized spacial score (nSPS) is 11.0. The molecule has 0 saturated carbocycles. The number of fused-ring (bicyclic) bond motifs is 2. The highest BCUT2D eigenvalue weighted by atomic mass is 16.5. The van der Waals surface area contributed by atoms with E-state index in [0.29, 0.717) is 11.5 Å². The molecule has 0 atom stereocenters. The van der Waals surface area contributed by atoms with Crippen molar-refractivity contribution in [3.8, 4) is 11.5 Å². The number of carboxylic acids is 1. The smallest absolute Gasteiger partial charge is 0.331 e. The molecule has 4 aromatic rings. The standard InChI is InChI=1S/C26H22O4/c1-18(26(27)28)21(16-29-24-14-6-10-19-8-2-4-12-22(19)24)17-30-25-15-7-11-20-9-3-5-13-23(20)25/h2-15,21H,1,16-17H2,(H,27,28). The number of ether oxygens (including phenoxy) is 2. The Labute approximate surface area is 175 Å². The molecule has 0 aliphatic heterocycles. The Morgan fingerprint density at radius 3 is 1.63 bits per heavy atom. The molecule has 4 heteroatoms. The minimum atomic E-state index is -1.05. The second kappa shape index (κ2) is 8.70. The summed E-state index contributed by atoms with van der Waals surface area (Å²) < 4.78 is 12.0. The highest BCUT2D eigenvalue weighted by Gasteiger charge is 2.21. The molecule has 0 aliphatic carbocycles. The highest BCUT2D eigenvalue weighted by molar-refractivity contribution is 5.89. The molecule has 0 radical (unpaired) electrons. The second-order valence-electron chi connectivity index (χ2n) is 7.10. The van der Waals surface area contributed by atoms with E-state index >= 15 is 0 Å². The Balaban J connectivity index is 1.53. The van der Waals surface area contributed by atoms with Gasteiger partial charge in [0.25, 0.3) is 0 Å². The molecule has 4 rings (SSSR count). The van der Waals surface area contributed by atoms with E-state index in [1.807, 2.05) is 84.9 Å². The Kier molecular flexibility index (Phi) is 5.66. The fraction of sp³-hybridized carbons (Fsp3) is 0.115. The van der Waals surface area contributed by atoms with Crippen LogP contribution in [-0.2, 0) is 4.79 Å². The number of hydrogen-bond donors (Lipinski definition) is 1. The lowest BCUT2D eigenvalue weighted by Crippen LogP contribution is -2.25. The van der Waals surface area contributed by atoms with Crippen LogP contribution in [0.3, 0.4) is 0 Å². The third-order valence-electron chi connectivity index (χ3n) is 5.15. The number of carboxylic acid groups (broad SMARTS) is 1. The molecule has 1 N–H and O–H groups in total. The van der Waals surface area contributed by atoms with Gasteiger partial charge < -0.3 is 14.6 Å². The first kappa shape index (κ1) is 19.5. The Morgan fingerprint density at radius 2 is 1.17 bits per heavy atom. The summed E-state index contributed by atoms with van der Waals surface area (Å²) in [5.74, 6) is -0.133. The van der Waals surface area contributed by atoms with Crippen LogP contribution in [0.15, 0.2) is 97.1 Å². The first-order chi connectivity index (χ1) is 14.6. The fourth-order valence-corrected chi connectivity index (χ4v) is 3.45. The molecule has 30 heavy (non-hydrogen) atoms. The Hall–Kier alpha value is -3.79. The van der Waals surface area contributed by atoms with E-state index in [-0.39, 0.29) is 18.8 Å². The van der Waals surface area contributed by atoms with E-state index in [1.54, 1.807) is 0 Å². The van der Waals surface area contributed by atoms with Gasteiger partial charge in [-0.05, 0) is 22.9 Å². The van der Waals surface area contributed by atoms with Crippen molar-refractivity contribution in [3.05, 3.63) is 97.1 Å². The Morgan fingerprint density at radius 1 is 0.733 bits per heavy atom. The summed E-state index contributed by atoms with van der Waals surface area (Å²) >= 11 is 0. The van der Waals surface area contributed by atoms with Gasteiger partial charge in [0.2, 0.25) is 0 Å². The predicted molar refractivity (Wildman–Crippen MR) is 119 cm³/mol. The molecular weight excluding hydrogens is 376 g/mol. The van der Waals surface area contributed by atoms with Crippen LogP contribution in [0, 0.1) is 5.92 Å². The lowest BCUT2D eigenvalue weighted by atomic mass is 10.0. The van der Waals surface area contributed by atoms with Gasteiger partial charge in [0, 0.05) is 16.3 Å². The molecule has 0 amide bonds. The van der Waals surface area contributed by atoms with Gasteiger partial charge in [-0.15, -0.1) is 0 Å². The average Bonchev–Trinajstić information content (AvgIpc) is 2.78. The van der Waals surface area contributed by atoms with Crippen LogP contribution in [0.5, 0.6) is 11.5 Å². The lowest BCUT2D eigenvalue weighted by molar-refractivity contribution is -0.133. The molecule has 150 valence electrons. The topological polar surface area (TPSA) is 55.8 Å². The highest BCUT2D eigenvalue weighted by Crippen LogP contribution is 2.28. The zero-order valence-electron chi connectivity index (χ0n) is 16.5. The van der Waals surface area contributed by atoms with Crippen LogP contribution >= 0.6 is 0 Å². The second-order valence-corrected chi connectivity index (χ2v) is 7.10. The van der Waals surface area contributed by atoms with Crippen molar-refractivity contribution in [1.82, 2.24) is 0 Å². The summed E-state index contributed by atoms with van der Waals surface area (Å²) in [7, 11) is 0. The lowest BCUT2D eigenvalue weighted by Gasteiger charge is -2.20. The van der Waals surface area contributed by atoms with Crippen LogP contribution in [0.4, 0.5) is 0 Å². The first-order valence-electron chi connectivity index (χ1n) is 9.76. The maximum atomic E-state index is 11.6. The SMILES string of the molecule is C=C(C(=O)O)C(COc1cccc2ccccc12)COc1cccc2ccccc12. The zero-order valence-corrected chi connectivity index (χ0v) is 16.5. The van der Waals surface area contributed by atoms with Crippen LogP contribution < -0.4 is 9.47 Å². The van der Waals surface area contributed by atoms with E-state index in [0.717, 1.165) is 21.5 Å². The van der Waals surface area contributed by atoms with Crippen molar-refractivity contribution >= 4 is 27.5 Å². The molecule has 0 aliphatic rings. The van der Waals surface area contributed by atoms with E-state index in [9.17, 15) is 9.90 Å². The summed E-state index contributed by atoms with van der Waals surface area (Å²) in [5, 5.41) is 13.6. The van der Waals surface area contributed by atoms with Crippen molar-refractivity contribution in [2.75, 3.05) is 13.2 Å². The fourth-order valence-electron chi connectivity index (χ4n) is 3.45. The average molecular weight is 398 g/mol. The number of rotatable bonds is 8. The monoisotopic (exact) mass is 398 g/mol. The van der Waals surface area contributed by atoms with Crippen LogP contribution in [0.2, 0.25) is 0 Å². The van der Waals surface area contributed by atoms with Gasteiger partial charge in [0.15, 0.2) is 0 Å².